The molecule has 0 amide bonds. The largest absolute Gasteiger partial charge is 0.455 e. The Morgan fingerprint density at radius 2 is 0.915 bits per heavy atom. The molecule has 218 valence electrons. The van der Waals surface area contributed by atoms with Crippen molar-refractivity contribution in [3.8, 4) is 33.5 Å². The average molecular weight is 598 g/mol. The molecule has 0 N–H and O–H groups in total. The van der Waals surface area contributed by atoms with Crippen LogP contribution in [0.5, 0.6) is 0 Å². The number of rotatable bonds is 3. The summed E-state index contributed by atoms with van der Waals surface area (Å²) < 4.78 is 6.92. The number of nitrogens with zero attached hydrogens (tertiary/aromatic N) is 1. The van der Waals surface area contributed by atoms with Gasteiger partial charge in [-0.05, 0) is 62.0 Å². The molecule has 0 saturated carbocycles. The van der Waals surface area contributed by atoms with Crippen LogP contribution in [0.1, 0.15) is 0 Å². The standard InChI is InChI=1S/C45H27NO/c1-3-14-28(15-4-1)40-30-18-7-9-20-32(30)41(33-21-10-8-19-31(33)40)35-23-13-25-39-42(35)37-27-26-36-43(45(37)47-39)34-22-11-12-24-38(34)46-44(36)29-16-5-2-6-17-29/h1-27H. The summed E-state index contributed by atoms with van der Waals surface area (Å²) in [4.78, 5) is 5.16. The highest BCUT2D eigenvalue weighted by Crippen LogP contribution is 2.48. The summed E-state index contributed by atoms with van der Waals surface area (Å²) in [7, 11) is 0. The zero-order valence-corrected chi connectivity index (χ0v) is 25.4. The highest BCUT2D eigenvalue weighted by Gasteiger charge is 2.22. The van der Waals surface area contributed by atoms with Crippen molar-refractivity contribution in [2.24, 2.45) is 0 Å². The monoisotopic (exact) mass is 597 g/mol. The van der Waals surface area contributed by atoms with E-state index in [1.165, 1.54) is 43.8 Å². The van der Waals surface area contributed by atoms with Crippen LogP contribution in [0.2, 0.25) is 0 Å². The fourth-order valence-corrected chi connectivity index (χ4v) is 7.68. The molecule has 0 spiro atoms. The van der Waals surface area contributed by atoms with Crippen molar-refractivity contribution < 1.29 is 4.42 Å². The highest BCUT2D eigenvalue weighted by atomic mass is 16.3. The minimum atomic E-state index is 0.882. The number of fused-ring (bicyclic) bond motifs is 9. The van der Waals surface area contributed by atoms with E-state index in [9.17, 15) is 0 Å². The first-order chi connectivity index (χ1) is 23.3. The Hall–Kier alpha value is -6.25. The van der Waals surface area contributed by atoms with E-state index in [1.54, 1.807) is 0 Å². The Balaban J connectivity index is 1.36. The molecule has 8 aromatic carbocycles. The summed E-state index contributed by atoms with van der Waals surface area (Å²) in [5.41, 5.74) is 9.69. The number of aromatic nitrogens is 1. The van der Waals surface area contributed by atoms with Crippen molar-refractivity contribution in [2.45, 2.75) is 0 Å². The van der Waals surface area contributed by atoms with Gasteiger partial charge in [-0.2, -0.15) is 0 Å². The zero-order valence-electron chi connectivity index (χ0n) is 25.4. The van der Waals surface area contributed by atoms with Crippen LogP contribution in [0.3, 0.4) is 0 Å². The normalized spacial score (nSPS) is 11.8. The summed E-state index contributed by atoms with van der Waals surface area (Å²) in [6.45, 7) is 0. The van der Waals surface area contributed by atoms with E-state index in [0.717, 1.165) is 54.9 Å². The molecule has 10 aromatic rings. The summed E-state index contributed by atoms with van der Waals surface area (Å²) in [6.07, 6.45) is 0. The molecule has 0 unspecified atom stereocenters. The van der Waals surface area contributed by atoms with E-state index in [-0.39, 0.29) is 0 Å². The molecule has 10 rings (SSSR count). The van der Waals surface area contributed by atoms with Gasteiger partial charge in [0.1, 0.15) is 11.2 Å². The van der Waals surface area contributed by atoms with Gasteiger partial charge in [-0.15, -0.1) is 0 Å². The van der Waals surface area contributed by atoms with E-state index in [1.807, 2.05) is 6.07 Å². The van der Waals surface area contributed by atoms with Crippen LogP contribution < -0.4 is 0 Å². The van der Waals surface area contributed by atoms with E-state index in [0.29, 0.717) is 0 Å². The maximum absolute atomic E-state index is 6.92. The van der Waals surface area contributed by atoms with Gasteiger partial charge in [0.05, 0.1) is 11.2 Å². The third-order valence-electron chi connectivity index (χ3n) is 9.64. The van der Waals surface area contributed by atoms with Gasteiger partial charge in [0, 0.05) is 32.5 Å². The smallest absolute Gasteiger partial charge is 0.144 e. The molecule has 0 saturated heterocycles. The first-order valence-corrected chi connectivity index (χ1v) is 16.1. The van der Waals surface area contributed by atoms with Crippen molar-refractivity contribution >= 4 is 65.2 Å². The lowest BCUT2D eigenvalue weighted by molar-refractivity contribution is 0.673. The van der Waals surface area contributed by atoms with Gasteiger partial charge in [-0.25, -0.2) is 4.98 Å². The Labute approximate surface area is 271 Å². The SMILES string of the molecule is c1ccc(-c2c3ccccc3c(-c3cccc4oc5c(ccc6c(-c7ccccc7)nc7ccccc7c65)c34)c3ccccc23)cc1. The predicted octanol–water partition coefficient (Wildman–Crippen LogP) is 12.6. The summed E-state index contributed by atoms with van der Waals surface area (Å²) >= 11 is 0. The number of hydrogen-bond donors (Lipinski definition) is 0. The molecule has 0 aliphatic carbocycles. The molecule has 0 atom stereocenters. The van der Waals surface area contributed by atoms with E-state index in [4.69, 9.17) is 9.40 Å². The molecule has 0 aliphatic heterocycles. The second-order valence-corrected chi connectivity index (χ2v) is 12.2. The van der Waals surface area contributed by atoms with Gasteiger partial charge in [0.25, 0.3) is 0 Å². The van der Waals surface area contributed by atoms with Gasteiger partial charge in [0.15, 0.2) is 0 Å². The maximum Gasteiger partial charge on any atom is 0.144 e. The Morgan fingerprint density at radius 1 is 0.362 bits per heavy atom. The molecule has 2 heteroatoms. The summed E-state index contributed by atoms with van der Waals surface area (Å²) in [6, 6.07) is 58.3. The quantitative estimate of drug-likeness (QED) is 0.150. The lowest BCUT2D eigenvalue weighted by Crippen LogP contribution is -1.91. The van der Waals surface area contributed by atoms with Crippen LogP contribution in [0.15, 0.2) is 168 Å². The van der Waals surface area contributed by atoms with Crippen molar-refractivity contribution in [1.82, 2.24) is 4.98 Å². The number of para-hydroxylation sites is 1. The predicted molar refractivity (Wildman–Crippen MR) is 198 cm³/mol. The van der Waals surface area contributed by atoms with Gasteiger partial charge < -0.3 is 4.42 Å². The Morgan fingerprint density at radius 3 is 1.60 bits per heavy atom. The first kappa shape index (κ1) is 26.0. The fourth-order valence-electron chi connectivity index (χ4n) is 7.68. The molecule has 2 aromatic heterocycles. The van der Waals surface area contributed by atoms with Crippen molar-refractivity contribution in [3.63, 3.8) is 0 Å². The lowest BCUT2D eigenvalue weighted by atomic mass is 9.85. The Bertz CT molecular complexity index is 2770. The van der Waals surface area contributed by atoms with E-state index >= 15 is 0 Å². The summed E-state index contributed by atoms with van der Waals surface area (Å²) in [5.74, 6) is 0. The molecule has 2 nitrogen and oxygen atoms in total. The van der Waals surface area contributed by atoms with Crippen LogP contribution in [0.25, 0.3) is 98.7 Å². The third-order valence-corrected chi connectivity index (χ3v) is 9.64. The minimum Gasteiger partial charge on any atom is -0.455 e. The number of hydrogen-bond acceptors (Lipinski definition) is 2. The first-order valence-electron chi connectivity index (χ1n) is 16.1. The molecular weight excluding hydrogens is 571 g/mol. The van der Waals surface area contributed by atoms with Crippen LogP contribution in [-0.4, -0.2) is 4.98 Å². The zero-order chi connectivity index (χ0) is 30.9. The van der Waals surface area contributed by atoms with Gasteiger partial charge in [-0.1, -0.05) is 146 Å². The molecule has 47 heavy (non-hydrogen) atoms. The Kier molecular flexibility index (Phi) is 5.61. The third kappa shape index (κ3) is 3.82. The molecule has 0 bridgehead atoms. The highest BCUT2D eigenvalue weighted by molar-refractivity contribution is 6.29. The molecule has 0 fully saturated rings. The molecule has 2 heterocycles. The van der Waals surface area contributed by atoms with Crippen LogP contribution in [0, 0.1) is 0 Å². The number of benzene rings is 8. The van der Waals surface area contributed by atoms with Crippen LogP contribution >= 0.6 is 0 Å². The average Bonchev–Trinajstić information content (AvgIpc) is 3.53. The van der Waals surface area contributed by atoms with Crippen LogP contribution in [-0.2, 0) is 0 Å². The second kappa shape index (κ2) is 10.1. The molecule has 0 aliphatic rings. The molecule has 0 radical (unpaired) electrons. The fraction of sp³-hybridized carbons (Fsp3) is 0. The number of furan rings is 1. The van der Waals surface area contributed by atoms with Gasteiger partial charge >= 0.3 is 0 Å². The van der Waals surface area contributed by atoms with Gasteiger partial charge in [-0.3, -0.25) is 0 Å². The van der Waals surface area contributed by atoms with Crippen LogP contribution in [0.4, 0.5) is 0 Å². The topological polar surface area (TPSA) is 26.0 Å². The maximum atomic E-state index is 6.92. The van der Waals surface area contributed by atoms with Crippen molar-refractivity contribution in [2.75, 3.05) is 0 Å². The minimum absolute atomic E-state index is 0.882. The lowest BCUT2D eigenvalue weighted by Gasteiger charge is -2.18. The van der Waals surface area contributed by atoms with E-state index in [2.05, 4.69) is 158 Å². The van der Waals surface area contributed by atoms with E-state index < -0.39 is 0 Å². The van der Waals surface area contributed by atoms with Crippen molar-refractivity contribution in [1.29, 1.82) is 0 Å². The number of pyridine rings is 1. The van der Waals surface area contributed by atoms with Crippen molar-refractivity contribution in [3.05, 3.63) is 164 Å². The summed E-state index contributed by atoms with van der Waals surface area (Å²) in [5, 5.41) is 10.5. The molecular formula is C45H27NO. The second-order valence-electron chi connectivity index (χ2n) is 12.2. The van der Waals surface area contributed by atoms with Gasteiger partial charge in [0.2, 0.25) is 0 Å².